The molecule has 2 rings (SSSR count). The van der Waals surface area contributed by atoms with Gasteiger partial charge >= 0.3 is 6.18 Å². The van der Waals surface area contributed by atoms with Gasteiger partial charge in [0.25, 0.3) is 5.91 Å². The SMILES string of the molecule is CC(=O)N[C@@H](CN)C(=O)Nc1ccc(N2CCOCC2=O)cc1C(F)(F)F. The van der Waals surface area contributed by atoms with Gasteiger partial charge in [0.15, 0.2) is 0 Å². The van der Waals surface area contributed by atoms with E-state index in [1.165, 1.54) is 11.0 Å². The van der Waals surface area contributed by atoms with Crippen molar-refractivity contribution < 1.29 is 32.3 Å². The van der Waals surface area contributed by atoms with Crippen LogP contribution in [-0.2, 0) is 25.3 Å². The van der Waals surface area contributed by atoms with E-state index in [1.807, 2.05) is 0 Å². The molecule has 0 unspecified atom stereocenters. The number of hydrogen-bond donors (Lipinski definition) is 3. The van der Waals surface area contributed by atoms with Gasteiger partial charge in [-0.3, -0.25) is 14.4 Å². The Labute approximate surface area is 152 Å². The fourth-order valence-electron chi connectivity index (χ4n) is 2.53. The van der Waals surface area contributed by atoms with Gasteiger partial charge in [0.2, 0.25) is 11.8 Å². The van der Waals surface area contributed by atoms with Crippen LogP contribution >= 0.6 is 0 Å². The van der Waals surface area contributed by atoms with E-state index in [0.29, 0.717) is 0 Å². The average Bonchev–Trinajstić information content (AvgIpc) is 2.59. The van der Waals surface area contributed by atoms with E-state index in [-0.39, 0.29) is 32.0 Å². The van der Waals surface area contributed by atoms with Crippen LogP contribution in [0.15, 0.2) is 18.2 Å². The predicted octanol–water partition coefficient (Wildman–Crippen LogP) is 0.470. The zero-order valence-corrected chi connectivity index (χ0v) is 14.4. The lowest BCUT2D eigenvalue weighted by atomic mass is 10.1. The molecule has 0 radical (unpaired) electrons. The van der Waals surface area contributed by atoms with Gasteiger partial charge < -0.3 is 26.0 Å². The van der Waals surface area contributed by atoms with E-state index < -0.39 is 41.2 Å². The van der Waals surface area contributed by atoms with Crippen LogP contribution in [0.5, 0.6) is 0 Å². The number of nitrogens with two attached hydrogens (primary N) is 1. The molecule has 8 nitrogen and oxygen atoms in total. The van der Waals surface area contributed by atoms with Crippen molar-refractivity contribution in [2.75, 3.05) is 36.5 Å². The molecule has 1 aromatic rings. The Balaban J connectivity index is 2.32. The number of halogens is 3. The van der Waals surface area contributed by atoms with E-state index in [1.54, 1.807) is 0 Å². The standard InChI is InChI=1S/C16H19F3N4O4/c1-9(24)21-13(7-20)15(26)22-12-3-2-10(6-11(12)16(17,18)19)23-4-5-27-8-14(23)25/h2-3,6,13H,4-5,7-8,20H2,1H3,(H,21,24)(H,22,26)/t13-/m0/s1. The Bertz CT molecular complexity index is 739. The second-order valence-electron chi connectivity index (χ2n) is 5.80. The molecule has 1 saturated heterocycles. The second-order valence-corrected chi connectivity index (χ2v) is 5.80. The number of rotatable bonds is 5. The first-order valence-corrected chi connectivity index (χ1v) is 8.01. The molecule has 1 aromatic carbocycles. The summed E-state index contributed by atoms with van der Waals surface area (Å²) < 4.78 is 45.3. The number of carbonyl (C=O) groups is 3. The summed E-state index contributed by atoms with van der Waals surface area (Å²) in [5, 5.41) is 4.39. The Kier molecular flexibility index (Phi) is 6.39. The highest BCUT2D eigenvalue weighted by atomic mass is 19.4. The first-order chi connectivity index (χ1) is 12.6. The third kappa shape index (κ3) is 5.17. The van der Waals surface area contributed by atoms with Crippen molar-refractivity contribution in [3.63, 3.8) is 0 Å². The third-order valence-corrected chi connectivity index (χ3v) is 3.79. The molecule has 1 fully saturated rings. The van der Waals surface area contributed by atoms with Gasteiger partial charge in [0.05, 0.1) is 17.9 Å². The van der Waals surface area contributed by atoms with Gasteiger partial charge in [-0.15, -0.1) is 0 Å². The Morgan fingerprint density at radius 2 is 2.07 bits per heavy atom. The fourth-order valence-corrected chi connectivity index (χ4v) is 2.53. The van der Waals surface area contributed by atoms with E-state index in [4.69, 9.17) is 10.5 Å². The van der Waals surface area contributed by atoms with Crippen molar-refractivity contribution in [2.24, 2.45) is 5.73 Å². The van der Waals surface area contributed by atoms with Gasteiger partial charge in [-0.05, 0) is 18.2 Å². The van der Waals surface area contributed by atoms with Gasteiger partial charge in [-0.1, -0.05) is 0 Å². The summed E-state index contributed by atoms with van der Waals surface area (Å²) in [4.78, 5) is 36.2. The minimum Gasteiger partial charge on any atom is -0.370 e. The number of anilines is 2. The van der Waals surface area contributed by atoms with Crippen LogP contribution < -0.4 is 21.3 Å². The number of nitrogens with one attached hydrogen (secondary N) is 2. The van der Waals surface area contributed by atoms with Crippen LogP contribution in [-0.4, -0.2) is 50.1 Å². The number of alkyl halides is 3. The van der Waals surface area contributed by atoms with E-state index in [9.17, 15) is 27.6 Å². The first-order valence-electron chi connectivity index (χ1n) is 8.01. The number of hydrogen-bond acceptors (Lipinski definition) is 5. The maximum Gasteiger partial charge on any atom is 0.418 e. The maximum atomic E-state index is 13.5. The molecule has 148 valence electrons. The zero-order valence-electron chi connectivity index (χ0n) is 14.4. The van der Waals surface area contributed by atoms with Gasteiger partial charge in [-0.25, -0.2) is 0 Å². The highest BCUT2D eigenvalue weighted by Crippen LogP contribution is 2.37. The normalized spacial score (nSPS) is 16.0. The number of amides is 3. The largest absolute Gasteiger partial charge is 0.418 e. The highest BCUT2D eigenvalue weighted by molar-refractivity contribution is 5.99. The van der Waals surface area contributed by atoms with Crippen LogP contribution in [0.3, 0.4) is 0 Å². The molecule has 11 heteroatoms. The van der Waals surface area contributed by atoms with Crippen LogP contribution in [0.25, 0.3) is 0 Å². The molecule has 1 aliphatic rings. The van der Waals surface area contributed by atoms with Gasteiger partial charge in [-0.2, -0.15) is 13.2 Å². The molecule has 0 spiro atoms. The minimum atomic E-state index is -4.78. The Hall–Kier alpha value is -2.66. The van der Waals surface area contributed by atoms with E-state index in [0.717, 1.165) is 19.1 Å². The number of nitrogens with zero attached hydrogens (tertiary/aromatic N) is 1. The fraction of sp³-hybridized carbons (Fsp3) is 0.438. The molecular formula is C16H19F3N4O4. The van der Waals surface area contributed by atoms with Crippen molar-refractivity contribution in [1.82, 2.24) is 5.32 Å². The molecule has 1 heterocycles. The van der Waals surface area contributed by atoms with Gasteiger partial charge in [0, 0.05) is 25.7 Å². The van der Waals surface area contributed by atoms with Crippen molar-refractivity contribution in [1.29, 1.82) is 0 Å². The quantitative estimate of drug-likeness (QED) is 0.679. The molecular weight excluding hydrogens is 369 g/mol. The van der Waals surface area contributed by atoms with Crippen LogP contribution in [0.1, 0.15) is 12.5 Å². The summed E-state index contributed by atoms with van der Waals surface area (Å²) in [7, 11) is 0. The van der Waals surface area contributed by atoms with Gasteiger partial charge in [0.1, 0.15) is 12.6 Å². The number of carbonyl (C=O) groups excluding carboxylic acids is 3. The molecule has 0 aliphatic carbocycles. The lowest BCUT2D eigenvalue weighted by Gasteiger charge is -2.28. The topological polar surface area (TPSA) is 114 Å². The van der Waals surface area contributed by atoms with E-state index in [2.05, 4.69) is 10.6 Å². The van der Waals surface area contributed by atoms with E-state index >= 15 is 0 Å². The summed E-state index contributed by atoms with van der Waals surface area (Å²) in [6, 6.07) is 1.96. The number of benzene rings is 1. The van der Waals surface area contributed by atoms with Crippen molar-refractivity contribution >= 4 is 29.1 Å². The molecule has 0 saturated carbocycles. The molecule has 1 aliphatic heterocycles. The molecule has 4 N–H and O–H groups in total. The predicted molar refractivity (Wildman–Crippen MR) is 89.9 cm³/mol. The summed E-state index contributed by atoms with van der Waals surface area (Å²) in [6.07, 6.45) is -4.78. The van der Waals surface area contributed by atoms with Crippen molar-refractivity contribution in [3.8, 4) is 0 Å². The highest BCUT2D eigenvalue weighted by Gasteiger charge is 2.36. The van der Waals surface area contributed by atoms with Crippen molar-refractivity contribution in [2.45, 2.75) is 19.1 Å². The van der Waals surface area contributed by atoms with Crippen molar-refractivity contribution in [3.05, 3.63) is 23.8 Å². The third-order valence-electron chi connectivity index (χ3n) is 3.79. The van der Waals surface area contributed by atoms with Crippen LogP contribution in [0.2, 0.25) is 0 Å². The summed E-state index contributed by atoms with van der Waals surface area (Å²) >= 11 is 0. The first kappa shape index (κ1) is 20.6. The maximum absolute atomic E-state index is 13.5. The average molecular weight is 388 g/mol. The van der Waals surface area contributed by atoms with Crippen LogP contribution in [0, 0.1) is 0 Å². The molecule has 1 atom stereocenters. The second kappa shape index (κ2) is 8.35. The Morgan fingerprint density at radius 3 is 2.63 bits per heavy atom. The zero-order chi connectivity index (χ0) is 20.2. The molecule has 3 amide bonds. The summed E-state index contributed by atoms with van der Waals surface area (Å²) in [5.74, 6) is -1.88. The lowest BCUT2D eigenvalue weighted by Crippen LogP contribution is -2.47. The Morgan fingerprint density at radius 1 is 1.37 bits per heavy atom. The number of ether oxygens (including phenoxy) is 1. The summed E-state index contributed by atoms with van der Waals surface area (Å²) in [6.45, 7) is 0.993. The molecule has 0 bridgehead atoms. The molecule has 27 heavy (non-hydrogen) atoms. The number of morpholine rings is 1. The monoisotopic (exact) mass is 388 g/mol. The smallest absolute Gasteiger partial charge is 0.370 e. The minimum absolute atomic E-state index is 0.0471. The molecule has 0 aromatic heterocycles. The summed E-state index contributed by atoms with van der Waals surface area (Å²) in [5.41, 5.74) is 3.81. The van der Waals surface area contributed by atoms with Crippen LogP contribution in [0.4, 0.5) is 24.5 Å². The lowest BCUT2D eigenvalue weighted by molar-refractivity contribution is -0.137.